The molecular weight excluding hydrogens is 515 g/mol. The summed E-state index contributed by atoms with van der Waals surface area (Å²) in [4.78, 5) is 44.5. The Bertz CT molecular complexity index is 1140. The van der Waals surface area contributed by atoms with E-state index in [9.17, 15) is 32.8 Å². The van der Waals surface area contributed by atoms with Crippen LogP contribution in [-0.4, -0.2) is 82.0 Å². The Labute approximate surface area is 225 Å². The van der Waals surface area contributed by atoms with Crippen LogP contribution in [0.3, 0.4) is 0 Å². The summed E-state index contributed by atoms with van der Waals surface area (Å²) in [6, 6.07) is 4.25. The molecule has 3 aliphatic rings. The summed E-state index contributed by atoms with van der Waals surface area (Å²) in [6.07, 6.45) is -3.43. The molecule has 3 fully saturated rings. The third kappa shape index (κ3) is 6.13. The van der Waals surface area contributed by atoms with Gasteiger partial charge in [-0.25, -0.2) is 4.79 Å². The van der Waals surface area contributed by atoms with Crippen molar-refractivity contribution in [2.45, 2.75) is 88.9 Å². The zero-order valence-corrected chi connectivity index (χ0v) is 22.5. The molecule has 0 aromatic heterocycles. The molecule has 0 aliphatic carbocycles. The third-order valence-corrected chi connectivity index (χ3v) is 7.54. The van der Waals surface area contributed by atoms with Gasteiger partial charge in [-0.15, -0.1) is 0 Å². The molecular formula is C27H34F3N5O4. The van der Waals surface area contributed by atoms with Crippen molar-refractivity contribution in [2.75, 3.05) is 19.6 Å². The number of carbonyl (C=O) groups excluding carboxylic acids is 3. The van der Waals surface area contributed by atoms with Gasteiger partial charge in [0.25, 0.3) is 0 Å². The van der Waals surface area contributed by atoms with Gasteiger partial charge in [0.05, 0.1) is 23.7 Å². The lowest BCUT2D eigenvalue weighted by atomic mass is 10.0. The van der Waals surface area contributed by atoms with E-state index >= 15 is 0 Å². The molecule has 0 radical (unpaired) electrons. The fourth-order valence-electron chi connectivity index (χ4n) is 5.74. The molecule has 9 nitrogen and oxygen atoms in total. The van der Waals surface area contributed by atoms with E-state index in [2.05, 4.69) is 11.4 Å². The zero-order valence-electron chi connectivity index (χ0n) is 22.5. The molecule has 5 atom stereocenters. The number of piperazine rings is 1. The van der Waals surface area contributed by atoms with E-state index in [0.717, 1.165) is 12.1 Å². The molecule has 3 saturated heterocycles. The monoisotopic (exact) mass is 549 g/mol. The molecule has 3 heterocycles. The number of likely N-dealkylation sites (tertiary alicyclic amines) is 3. The van der Waals surface area contributed by atoms with Gasteiger partial charge in [-0.2, -0.15) is 18.4 Å². The number of alkyl halides is 3. The highest BCUT2D eigenvalue weighted by atomic mass is 19.4. The minimum Gasteiger partial charge on any atom is -0.444 e. The van der Waals surface area contributed by atoms with Crippen molar-refractivity contribution in [2.24, 2.45) is 0 Å². The lowest BCUT2D eigenvalue weighted by molar-refractivity contribution is -0.141. The summed E-state index contributed by atoms with van der Waals surface area (Å²) >= 11 is 0. The maximum atomic E-state index is 13.4. The standard InChI is InChI=1S/C27H34F3N5O4/c1-16(17-7-9-18(10-8-17)27(28,29)30)35-20-12-22(24(35)37)33(14-20)15-21(32-25(38)39-26(2,3)4)23(36)34-11-5-6-19(34)13-31/h7-10,16,19-22H,5-6,11-12,14-15H2,1-4H3,(H,32,38)/t16-,19?,20?,21?,22?/m0/s1. The highest BCUT2D eigenvalue weighted by Crippen LogP contribution is 2.39. The largest absolute Gasteiger partial charge is 0.444 e. The molecule has 3 aliphatic heterocycles. The van der Waals surface area contributed by atoms with Crippen LogP contribution in [0.1, 0.15) is 64.1 Å². The first-order chi connectivity index (χ1) is 18.2. The SMILES string of the molecule is C[C@@H](c1ccc(C(F)(F)F)cc1)N1C(=O)C2CC1CN2CC(NC(=O)OC(C)(C)C)C(=O)N1CCCC1C#N. The third-order valence-electron chi connectivity index (χ3n) is 7.54. The second kappa shape index (κ2) is 10.7. The van der Waals surface area contributed by atoms with Crippen LogP contribution in [0.4, 0.5) is 18.0 Å². The number of alkyl carbamates (subject to hydrolysis) is 1. The maximum Gasteiger partial charge on any atom is 0.416 e. The van der Waals surface area contributed by atoms with Crippen LogP contribution in [0.15, 0.2) is 24.3 Å². The Morgan fingerprint density at radius 3 is 2.44 bits per heavy atom. The van der Waals surface area contributed by atoms with Crippen molar-refractivity contribution in [1.29, 1.82) is 5.26 Å². The molecule has 12 heteroatoms. The fraction of sp³-hybridized carbons (Fsp3) is 0.630. The topological polar surface area (TPSA) is 106 Å². The molecule has 212 valence electrons. The van der Waals surface area contributed by atoms with Crippen LogP contribution in [0.5, 0.6) is 0 Å². The van der Waals surface area contributed by atoms with Gasteiger partial charge in [0.2, 0.25) is 11.8 Å². The first-order valence-corrected chi connectivity index (χ1v) is 13.1. The molecule has 4 rings (SSSR count). The summed E-state index contributed by atoms with van der Waals surface area (Å²) in [5.41, 5.74) is -0.923. The molecule has 1 N–H and O–H groups in total. The Kier molecular flexibility index (Phi) is 7.85. The summed E-state index contributed by atoms with van der Waals surface area (Å²) in [5.74, 6) is -0.562. The van der Waals surface area contributed by atoms with Gasteiger partial charge in [0.1, 0.15) is 17.7 Å². The van der Waals surface area contributed by atoms with E-state index in [0.29, 0.717) is 37.9 Å². The van der Waals surface area contributed by atoms with Crippen molar-refractivity contribution in [3.63, 3.8) is 0 Å². The molecule has 2 bridgehead atoms. The summed E-state index contributed by atoms with van der Waals surface area (Å²) < 4.78 is 44.2. The van der Waals surface area contributed by atoms with Crippen molar-refractivity contribution in [3.8, 4) is 6.07 Å². The molecule has 3 amide bonds. The number of amides is 3. The number of rotatable bonds is 6. The second-order valence-corrected chi connectivity index (χ2v) is 11.4. The predicted molar refractivity (Wildman–Crippen MR) is 134 cm³/mol. The number of halogens is 3. The Hall–Kier alpha value is -3.33. The Morgan fingerprint density at radius 1 is 1.21 bits per heavy atom. The molecule has 4 unspecified atom stereocenters. The van der Waals surface area contributed by atoms with Crippen molar-refractivity contribution in [3.05, 3.63) is 35.4 Å². The van der Waals surface area contributed by atoms with Gasteiger partial charge in [0.15, 0.2) is 0 Å². The number of benzene rings is 1. The van der Waals surface area contributed by atoms with E-state index in [1.165, 1.54) is 17.0 Å². The van der Waals surface area contributed by atoms with E-state index in [-0.39, 0.29) is 18.5 Å². The van der Waals surface area contributed by atoms with Gasteiger partial charge in [0, 0.05) is 25.7 Å². The molecule has 0 saturated carbocycles. The quantitative estimate of drug-likeness (QED) is 0.583. The van der Waals surface area contributed by atoms with Gasteiger partial charge in [-0.1, -0.05) is 12.1 Å². The Balaban J connectivity index is 1.47. The van der Waals surface area contributed by atoms with Gasteiger partial charge in [-0.3, -0.25) is 14.5 Å². The van der Waals surface area contributed by atoms with E-state index in [4.69, 9.17) is 4.74 Å². The summed E-state index contributed by atoms with van der Waals surface area (Å²) in [7, 11) is 0. The molecule has 1 aromatic rings. The number of nitriles is 1. The number of ether oxygens (including phenoxy) is 1. The van der Waals surface area contributed by atoms with E-state index in [1.54, 1.807) is 32.6 Å². The van der Waals surface area contributed by atoms with Crippen LogP contribution < -0.4 is 5.32 Å². The predicted octanol–water partition coefficient (Wildman–Crippen LogP) is 3.46. The van der Waals surface area contributed by atoms with Gasteiger partial charge in [-0.05, 0) is 64.7 Å². The van der Waals surface area contributed by atoms with E-state index < -0.39 is 53.5 Å². The van der Waals surface area contributed by atoms with Crippen molar-refractivity contribution >= 4 is 17.9 Å². The number of nitrogens with zero attached hydrogens (tertiary/aromatic N) is 4. The second-order valence-electron chi connectivity index (χ2n) is 11.4. The van der Waals surface area contributed by atoms with Crippen LogP contribution >= 0.6 is 0 Å². The summed E-state index contributed by atoms with van der Waals surface area (Å²) in [5, 5.41) is 12.1. The highest BCUT2D eigenvalue weighted by molar-refractivity contribution is 5.88. The molecule has 1 aromatic carbocycles. The zero-order chi connectivity index (χ0) is 28.7. The Morgan fingerprint density at radius 2 is 1.87 bits per heavy atom. The lowest BCUT2D eigenvalue weighted by Crippen LogP contribution is -2.59. The van der Waals surface area contributed by atoms with Crippen LogP contribution in [0.2, 0.25) is 0 Å². The number of carbonyl (C=O) groups is 3. The average Bonchev–Trinajstić information content (AvgIpc) is 3.55. The normalized spacial score (nSPS) is 25.0. The van der Waals surface area contributed by atoms with Gasteiger partial charge < -0.3 is 19.9 Å². The van der Waals surface area contributed by atoms with Crippen molar-refractivity contribution < 1.29 is 32.3 Å². The molecule has 0 spiro atoms. The smallest absolute Gasteiger partial charge is 0.416 e. The van der Waals surface area contributed by atoms with Crippen molar-refractivity contribution in [1.82, 2.24) is 20.0 Å². The fourth-order valence-corrected chi connectivity index (χ4v) is 5.74. The minimum absolute atomic E-state index is 0.0716. The average molecular weight is 550 g/mol. The first-order valence-electron chi connectivity index (χ1n) is 13.1. The first kappa shape index (κ1) is 28.7. The number of hydrogen-bond acceptors (Lipinski definition) is 6. The van der Waals surface area contributed by atoms with Gasteiger partial charge >= 0.3 is 12.3 Å². The minimum atomic E-state index is -4.44. The number of hydrogen-bond donors (Lipinski definition) is 1. The number of fused-ring (bicyclic) bond motifs is 2. The van der Waals surface area contributed by atoms with Crippen LogP contribution in [-0.2, 0) is 20.5 Å². The molecule has 39 heavy (non-hydrogen) atoms. The highest BCUT2D eigenvalue weighted by Gasteiger charge is 2.52. The summed E-state index contributed by atoms with van der Waals surface area (Å²) in [6.45, 7) is 7.84. The lowest BCUT2D eigenvalue weighted by Gasteiger charge is -2.39. The van der Waals surface area contributed by atoms with Crippen LogP contribution in [0.25, 0.3) is 0 Å². The van der Waals surface area contributed by atoms with Crippen LogP contribution in [0, 0.1) is 11.3 Å². The number of nitrogens with one attached hydrogen (secondary N) is 1. The maximum absolute atomic E-state index is 13.4. The van der Waals surface area contributed by atoms with E-state index in [1.807, 2.05) is 4.90 Å².